The van der Waals surface area contributed by atoms with Crippen LogP contribution in [0.15, 0.2) is 24.3 Å². The van der Waals surface area contributed by atoms with E-state index in [4.69, 9.17) is 10.8 Å². The predicted octanol–water partition coefficient (Wildman–Crippen LogP) is 1.81. The van der Waals surface area contributed by atoms with E-state index in [1.54, 1.807) is 18.2 Å². The van der Waals surface area contributed by atoms with Crippen LogP contribution < -0.4 is 11.1 Å². The first kappa shape index (κ1) is 17.2. The Labute approximate surface area is 125 Å². The van der Waals surface area contributed by atoms with Gasteiger partial charge in [0.1, 0.15) is 0 Å². The molecule has 0 saturated heterocycles. The fraction of sp³-hybridized carbons (Fsp3) is 0.500. The first-order valence-corrected chi connectivity index (χ1v) is 7.32. The molecule has 0 aliphatic heterocycles. The summed E-state index contributed by atoms with van der Waals surface area (Å²) >= 11 is 0. The lowest BCUT2D eigenvalue weighted by Crippen LogP contribution is -2.26. The molecule has 5 heteroatoms. The average molecular weight is 292 g/mol. The van der Waals surface area contributed by atoms with E-state index in [9.17, 15) is 9.59 Å². The standard InChI is InChI=1S/C16H24N2O3/c1-12(7-9-17)5-6-15(19)18-10-8-13-3-2-4-14(11-13)16(20)21/h2-4,11-12H,5-10,17H2,1H3,(H,18,19)(H,20,21). The second-order valence-electron chi connectivity index (χ2n) is 5.33. The third kappa shape index (κ3) is 6.90. The topological polar surface area (TPSA) is 92.4 Å². The summed E-state index contributed by atoms with van der Waals surface area (Å²) in [7, 11) is 0. The van der Waals surface area contributed by atoms with Gasteiger partial charge in [0.25, 0.3) is 0 Å². The maximum Gasteiger partial charge on any atom is 0.335 e. The number of nitrogens with one attached hydrogen (secondary N) is 1. The molecule has 1 aromatic rings. The van der Waals surface area contributed by atoms with Gasteiger partial charge in [-0.05, 0) is 49.4 Å². The molecule has 21 heavy (non-hydrogen) atoms. The first-order valence-electron chi connectivity index (χ1n) is 7.32. The van der Waals surface area contributed by atoms with Gasteiger partial charge < -0.3 is 16.2 Å². The molecule has 0 aliphatic rings. The molecule has 0 aromatic heterocycles. The molecule has 0 fully saturated rings. The highest BCUT2D eigenvalue weighted by molar-refractivity contribution is 5.87. The lowest BCUT2D eigenvalue weighted by molar-refractivity contribution is -0.121. The van der Waals surface area contributed by atoms with Crippen molar-refractivity contribution in [3.05, 3.63) is 35.4 Å². The van der Waals surface area contributed by atoms with Gasteiger partial charge in [-0.25, -0.2) is 4.79 Å². The lowest BCUT2D eigenvalue weighted by atomic mass is 10.0. The van der Waals surface area contributed by atoms with Gasteiger partial charge in [0.2, 0.25) is 5.91 Å². The van der Waals surface area contributed by atoms with Crippen LogP contribution in [0.4, 0.5) is 0 Å². The largest absolute Gasteiger partial charge is 0.478 e. The van der Waals surface area contributed by atoms with Crippen LogP contribution in [0.5, 0.6) is 0 Å². The zero-order valence-electron chi connectivity index (χ0n) is 12.5. The highest BCUT2D eigenvalue weighted by atomic mass is 16.4. The van der Waals surface area contributed by atoms with E-state index in [-0.39, 0.29) is 11.5 Å². The summed E-state index contributed by atoms with van der Waals surface area (Å²) in [6, 6.07) is 6.78. The molecule has 0 radical (unpaired) electrons. The highest BCUT2D eigenvalue weighted by Gasteiger charge is 2.07. The predicted molar refractivity (Wildman–Crippen MR) is 82.2 cm³/mol. The van der Waals surface area contributed by atoms with Gasteiger partial charge in [0.05, 0.1) is 5.56 Å². The number of hydrogen-bond donors (Lipinski definition) is 3. The number of carboxylic acids is 1. The molecule has 0 heterocycles. The van der Waals surface area contributed by atoms with Gasteiger partial charge in [-0.3, -0.25) is 4.79 Å². The first-order chi connectivity index (χ1) is 10.0. The van der Waals surface area contributed by atoms with Crippen LogP contribution in [0.25, 0.3) is 0 Å². The number of benzene rings is 1. The van der Waals surface area contributed by atoms with Crippen molar-refractivity contribution in [3.63, 3.8) is 0 Å². The highest BCUT2D eigenvalue weighted by Crippen LogP contribution is 2.09. The van der Waals surface area contributed by atoms with Crippen molar-refractivity contribution in [2.75, 3.05) is 13.1 Å². The van der Waals surface area contributed by atoms with Crippen LogP contribution in [0, 0.1) is 5.92 Å². The number of nitrogens with two attached hydrogens (primary N) is 1. The van der Waals surface area contributed by atoms with Gasteiger partial charge in [0.15, 0.2) is 0 Å². The molecule has 0 saturated carbocycles. The molecule has 5 nitrogen and oxygen atoms in total. The summed E-state index contributed by atoms with van der Waals surface area (Å²) in [5.41, 5.74) is 6.65. The van der Waals surface area contributed by atoms with Crippen molar-refractivity contribution in [2.24, 2.45) is 11.7 Å². The minimum atomic E-state index is -0.935. The number of rotatable bonds is 9. The molecule has 1 atom stereocenters. The molecule has 116 valence electrons. The molecule has 1 aromatic carbocycles. The number of carbonyl (C=O) groups is 2. The molecule has 1 rings (SSSR count). The van der Waals surface area contributed by atoms with Crippen molar-refractivity contribution in [1.29, 1.82) is 0 Å². The molecule has 1 amide bonds. The minimum absolute atomic E-state index is 0.0354. The Balaban J connectivity index is 2.28. The van der Waals surface area contributed by atoms with E-state index in [1.165, 1.54) is 0 Å². The van der Waals surface area contributed by atoms with E-state index in [1.807, 2.05) is 6.07 Å². The van der Waals surface area contributed by atoms with Crippen LogP contribution in [0.1, 0.15) is 42.1 Å². The molecule has 4 N–H and O–H groups in total. The SMILES string of the molecule is CC(CCN)CCC(=O)NCCc1cccc(C(=O)O)c1. The normalized spacial score (nSPS) is 11.9. The van der Waals surface area contributed by atoms with E-state index < -0.39 is 5.97 Å². The molecular weight excluding hydrogens is 268 g/mol. The number of carboxylic acid groups (broad SMARTS) is 1. The van der Waals surface area contributed by atoms with Gasteiger partial charge in [-0.15, -0.1) is 0 Å². The smallest absolute Gasteiger partial charge is 0.335 e. The van der Waals surface area contributed by atoms with E-state index >= 15 is 0 Å². The third-order valence-corrected chi connectivity index (χ3v) is 3.43. The molecule has 0 aliphatic carbocycles. The number of hydrogen-bond acceptors (Lipinski definition) is 3. The molecular formula is C16H24N2O3. The van der Waals surface area contributed by atoms with Crippen molar-refractivity contribution in [2.45, 2.75) is 32.6 Å². The van der Waals surface area contributed by atoms with Crippen molar-refractivity contribution in [1.82, 2.24) is 5.32 Å². The van der Waals surface area contributed by atoms with Crippen molar-refractivity contribution < 1.29 is 14.7 Å². The summed E-state index contributed by atoms with van der Waals surface area (Å²) in [6.45, 7) is 3.27. The Morgan fingerprint density at radius 1 is 1.33 bits per heavy atom. The van der Waals surface area contributed by atoms with E-state index in [0.717, 1.165) is 18.4 Å². The maximum absolute atomic E-state index is 11.7. The molecule has 1 unspecified atom stereocenters. The van der Waals surface area contributed by atoms with Crippen LogP contribution in [0.2, 0.25) is 0 Å². The average Bonchev–Trinajstić information content (AvgIpc) is 2.46. The molecule has 0 spiro atoms. The van der Waals surface area contributed by atoms with Crippen molar-refractivity contribution in [3.8, 4) is 0 Å². The van der Waals surface area contributed by atoms with E-state index in [2.05, 4.69) is 12.2 Å². The van der Waals surface area contributed by atoms with Crippen LogP contribution in [0.3, 0.4) is 0 Å². The monoisotopic (exact) mass is 292 g/mol. The fourth-order valence-electron chi connectivity index (χ4n) is 2.10. The summed E-state index contributed by atoms with van der Waals surface area (Å²) < 4.78 is 0. The zero-order chi connectivity index (χ0) is 15.7. The Kier molecular flexibility index (Phi) is 7.46. The fourth-order valence-corrected chi connectivity index (χ4v) is 2.10. The zero-order valence-corrected chi connectivity index (χ0v) is 12.5. The summed E-state index contributed by atoms with van der Waals surface area (Å²) in [4.78, 5) is 22.5. The van der Waals surface area contributed by atoms with Gasteiger partial charge in [-0.2, -0.15) is 0 Å². The minimum Gasteiger partial charge on any atom is -0.478 e. The summed E-state index contributed by atoms with van der Waals surface area (Å²) in [6.07, 6.45) is 2.92. The Hall–Kier alpha value is -1.88. The van der Waals surface area contributed by atoms with Gasteiger partial charge in [-0.1, -0.05) is 19.1 Å². The van der Waals surface area contributed by atoms with Crippen LogP contribution in [-0.4, -0.2) is 30.1 Å². The quantitative estimate of drug-likeness (QED) is 0.647. The van der Waals surface area contributed by atoms with Gasteiger partial charge in [0, 0.05) is 13.0 Å². The number of carbonyl (C=O) groups excluding carboxylic acids is 1. The van der Waals surface area contributed by atoms with Gasteiger partial charge >= 0.3 is 5.97 Å². The number of amides is 1. The Morgan fingerprint density at radius 3 is 2.76 bits per heavy atom. The summed E-state index contributed by atoms with van der Waals surface area (Å²) in [5.74, 6) is -0.434. The maximum atomic E-state index is 11.7. The van der Waals surface area contributed by atoms with Crippen molar-refractivity contribution >= 4 is 11.9 Å². The third-order valence-electron chi connectivity index (χ3n) is 3.43. The Morgan fingerprint density at radius 2 is 2.10 bits per heavy atom. The Bertz CT molecular complexity index is 474. The lowest BCUT2D eigenvalue weighted by Gasteiger charge is -2.10. The van der Waals surface area contributed by atoms with E-state index in [0.29, 0.717) is 31.8 Å². The van der Waals surface area contributed by atoms with Crippen LogP contribution in [-0.2, 0) is 11.2 Å². The van der Waals surface area contributed by atoms with Crippen LogP contribution >= 0.6 is 0 Å². The molecule has 0 bridgehead atoms. The second kappa shape index (κ2) is 9.13. The summed E-state index contributed by atoms with van der Waals surface area (Å²) in [5, 5.41) is 11.8. The number of aromatic carboxylic acids is 1. The second-order valence-corrected chi connectivity index (χ2v) is 5.33.